The second-order valence-corrected chi connectivity index (χ2v) is 7.09. The van der Waals surface area contributed by atoms with Gasteiger partial charge in [-0.25, -0.2) is 4.98 Å². The highest BCUT2D eigenvalue weighted by Gasteiger charge is 2.91. The van der Waals surface area contributed by atoms with E-state index in [0.29, 0.717) is 16.9 Å². The molecular formula is C16H7F13N2OS. The zero-order valence-corrected chi connectivity index (χ0v) is 16.0. The molecule has 0 spiro atoms. The van der Waals surface area contributed by atoms with Crippen LogP contribution < -0.4 is 5.32 Å². The Hall–Kier alpha value is -2.59. The average molecular weight is 522 g/mol. The Morgan fingerprint density at radius 2 is 1.21 bits per heavy atom. The first-order chi connectivity index (χ1) is 14.7. The van der Waals surface area contributed by atoms with Crippen LogP contribution in [0.5, 0.6) is 0 Å². The van der Waals surface area contributed by atoms with Gasteiger partial charge < -0.3 is 0 Å². The standard InChI is InChI=1S/C16H7F13N2OS/c17-11(18,9(32)31-10-30-8(6-33-10)7-4-2-1-3-5-7)12(19,20)13(21,22)14(23,24)15(25,26)16(27,28)29/h1-6H,(H,30,31,32). The van der Waals surface area contributed by atoms with Crippen LogP contribution in [0.15, 0.2) is 35.7 Å². The number of amides is 1. The van der Waals surface area contributed by atoms with Crippen molar-refractivity contribution in [1.82, 2.24) is 4.98 Å². The average Bonchev–Trinajstić information content (AvgIpc) is 3.15. The van der Waals surface area contributed by atoms with Crippen molar-refractivity contribution < 1.29 is 61.9 Å². The highest BCUT2D eigenvalue weighted by molar-refractivity contribution is 7.14. The molecule has 0 aliphatic rings. The van der Waals surface area contributed by atoms with Crippen molar-refractivity contribution in [3.05, 3.63) is 35.7 Å². The largest absolute Gasteiger partial charge is 0.460 e. The maximum Gasteiger partial charge on any atom is 0.460 e. The zero-order chi connectivity index (χ0) is 25.7. The molecule has 2 aromatic rings. The summed E-state index contributed by atoms with van der Waals surface area (Å²) in [5, 5.41) is 1.07. The number of alkyl halides is 13. The van der Waals surface area contributed by atoms with E-state index in [9.17, 15) is 61.9 Å². The number of hydrogen-bond donors (Lipinski definition) is 1. The van der Waals surface area contributed by atoms with Crippen molar-refractivity contribution in [3.8, 4) is 11.3 Å². The minimum atomic E-state index is -8.08. The molecule has 33 heavy (non-hydrogen) atoms. The maximum atomic E-state index is 13.8. The molecule has 1 N–H and O–H groups in total. The number of nitrogens with zero attached hydrogens (tertiary/aromatic N) is 1. The Bertz CT molecular complexity index is 1000. The van der Waals surface area contributed by atoms with E-state index in [0.717, 1.165) is 10.7 Å². The normalized spacial score (nSPS) is 14.3. The molecule has 0 bridgehead atoms. The number of carbonyl (C=O) groups is 1. The van der Waals surface area contributed by atoms with E-state index < -0.39 is 46.8 Å². The van der Waals surface area contributed by atoms with Crippen molar-refractivity contribution in [1.29, 1.82) is 0 Å². The molecule has 0 unspecified atom stereocenters. The van der Waals surface area contributed by atoms with Gasteiger partial charge in [-0.1, -0.05) is 30.3 Å². The lowest BCUT2D eigenvalue weighted by Crippen LogP contribution is -2.71. The summed E-state index contributed by atoms with van der Waals surface area (Å²) in [6.45, 7) is 0. The number of benzene rings is 1. The molecule has 1 heterocycles. The molecule has 0 atom stereocenters. The second-order valence-electron chi connectivity index (χ2n) is 6.23. The molecule has 0 saturated heterocycles. The van der Waals surface area contributed by atoms with Crippen LogP contribution in [0.2, 0.25) is 0 Å². The summed E-state index contributed by atoms with van der Waals surface area (Å²) < 4.78 is 170. The fraction of sp³-hybridized carbons (Fsp3) is 0.375. The third-order valence-corrected chi connectivity index (χ3v) is 4.77. The number of aromatic nitrogens is 1. The predicted molar refractivity (Wildman–Crippen MR) is 87.0 cm³/mol. The van der Waals surface area contributed by atoms with Crippen LogP contribution in [0, 0.1) is 0 Å². The minimum absolute atomic E-state index is 0.0346. The van der Waals surface area contributed by atoms with Crippen molar-refractivity contribution >= 4 is 22.4 Å². The SMILES string of the molecule is O=C(Nc1nc(-c2ccccc2)cs1)C(F)(F)C(F)(F)C(F)(F)C(F)(F)C(F)(F)C(F)(F)F. The van der Waals surface area contributed by atoms with E-state index in [1.165, 1.54) is 24.3 Å². The number of hydrogen-bond acceptors (Lipinski definition) is 3. The molecule has 1 aromatic carbocycles. The van der Waals surface area contributed by atoms with Gasteiger partial charge in [0.25, 0.3) is 0 Å². The topological polar surface area (TPSA) is 42.0 Å². The van der Waals surface area contributed by atoms with E-state index >= 15 is 0 Å². The van der Waals surface area contributed by atoms with Gasteiger partial charge in [0.15, 0.2) is 5.13 Å². The third kappa shape index (κ3) is 4.10. The number of anilines is 1. The molecule has 0 fully saturated rings. The number of rotatable bonds is 7. The first-order valence-corrected chi connectivity index (χ1v) is 8.88. The summed E-state index contributed by atoms with van der Waals surface area (Å²) in [6, 6.07) is 7.38. The Balaban J connectivity index is 2.37. The van der Waals surface area contributed by atoms with Gasteiger partial charge in [-0.3, -0.25) is 10.1 Å². The molecular weight excluding hydrogens is 515 g/mol. The first-order valence-electron chi connectivity index (χ1n) is 8.00. The van der Waals surface area contributed by atoms with E-state index in [4.69, 9.17) is 0 Å². The van der Waals surface area contributed by atoms with Crippen molar-refractivity contribution in [2.24, 2.45) is 0 Å². The summed E-state index contributed by atoms with van der Waals surface area (Å²) >= 11 is 0.294. The first kappa shape index (κ1) is 26.7. The molecule has 17 heteroatoms. The monoisotopic (exact) mass is 522 g/mol. The molecule has 2 rings (SSSR count). The van der Waals surface area contributed by atoms with Crippen LogP contribution in [0.3, 0.4) is 0 Å². The summed E-state index contributed by atoms with van der Waals surface area (Å²) in [7, 11) is 0. The van der Waals surface area contributed by atoms with Crippen LogP contribution in [0.1, 0.15) is 0 Å². The summed E-state index contributed by atoms with van der Waals surface area (Å²) in [5.74, 6) is -42.0. The summed E-state index contributed by atoms with van der Waals surface area (Å²) in [6.07, 6.45) is -7.53. The minimum Gasteiger partial charge on any atom is -0.296 e. The molecule has 0 aliphatic heterocycles. The highest BCUT2D eigenvalue weighted by atomic mass is 32.1. The smallest absolute Gasteiger partial charge is 0.296 e. The summed E-state index contributed by atoms with van der Waals surface area (Å²) in [4.78, 5) is 15.0. The van der Waals surface area contributed by atoms with Crippen LogP contribution in [-0.2, 0) is 4.79 Å². The molecule has 0 saturated carbocycles. The van der Waals surface area contributed by atoms with Gasteiger partial charge in [0.2, 0.25) is 0 Å². The molecule has 1 amide bonds. The highest BCUT2D eigenvalue weighted by Crippen LogP contribution is 2.60. The van der Waals surface area contributed by atoms with Crippen molar-refractivity contribution in [2.45, 2.75) is 35.8 Å². The Morgan fingerprint density at radius 1 is 0.727 bits per heavy atom. The van der Waals surface area contributed by atoms with Gasteiger partial charge in [-0.2, -0.15) is 57.1 Å². The Morgan fingerprint density at radius 3 is 1.70 bits per heavy atom. The fourth-order valence-electron chi connectivity index (χ4n) is 2.16. The van der Waals surface area contributed by atoms with Gasteiger partial charge >= 0.3 is 41.7 Å². The Kier molecular flexibility index (Phi) is 6.48. The van der Waals surface area contributed by atoms with Crippen LogP contribution >= 0.6 is 11.3 Å². The molecule has 184 valence electrons. The fourth-order valence-corrected chi connectivity index (χ4v) is 2.88. The third-order valence-electron chi connectivity index (χ3n) is 4.01. The lowest BCUT2D eigenvalue weighted by Gasteiger charge is -2.39. The van der Waals surface area contributed by atoms with Gasteiger partial charge in [0.1, 0.15) is 0 Å². The van der Waals surface area contributed by atoms with Gasteiger partial charge in [0.05, 0.1) is 5.69 Å². The van der Waals surface area contributed by atoms with E-state index in [1.807, 2.05) is 0 Å². The van der Waals surface area contributed by atoms with E-state index in [-0.39, 0.29) is 5.69 Å². The molecule has 0 radical (unpaired) electrons. The van der Waals surface area contributed by atoms with Gasteiger partial charge in [0, 0.05) is 10.9 Å². The number of nitrogens with one attached hydrogen (secondary N) is 1. The van der Waals surface area contributed by atoms with E-state index in [2.05, 4.69) is 4.98 Å². The lowest BCUT2D eigenvalue weighted by molar-refractivity contribution is -0.435. The quantitative estimate of drug-likeness (QED) is 0.423. The van der Waals surface area contributed by atoms with Crippen LogP contribution in [-0.4, -0.2) is 46.7 Å². The molecule has 3 nitrogen and oxygen atoms in total. The van der Waals surface area contributed by atoms with Gasteiger partial charge in [-0.05, 0) is 0 Å². The Labute approximate surface area is 178 Å². The van der Waals surface area contributed by atoms with E-state index in [1.54, 1.807) is 6.07 Å². The second kappa shape index (κ2) is 8.02. The van der Waals surface area contributed by atoms with Gasteiger partial charge in [-0.15, -0.1) is 11.3 Å². The number of halogens is 13. The maximum absolute atomic E-state index is 13.8. The predicted octanol–water partition coefficient (Wildman–Crippen LogP) is 6.49. The van der Waals surface area contributed by atoms with Crippen molar-refractivity contribution in [3.63, 3.8) is 0 Å². The van der Waals surface area contributed by atoms with Crippen LogP contribution in [0.25, 0.3) is 11.3 Å². The van der Waals surface area contributed by atoms with Crippen molar-refractivity contribution in [2.75, 3.05) is 5.32 Å². The number of carbonyl (C=O) groups excluding carboxylic acids is 1. The lowest BCUT2D eigenvalue weighted by atomic mass is 9.93. The molecule has 0 aliphatic carbocycles. The van der Waals surface area contributed by atoms with Crippen LogP contribution in [0.4, 0.5) is 62.2 Å². The summed E-state index contributed by atoms with van der Waals surface area (Å²) in [5.41, 5.74) is 0.277. The zero-order valence-electron chi connectivity index (χ0n) is 15.1. The molecule has 1 aromatic heterocycles. The number of thiazole rings is 1.